The predicted molar refractivity (Wildman–Crippen MR) is 119 cm³/mol. The summed E-state index contributed by atoms with van der Waals surface area (Å²) in [6, 6.07) is 24.8. The van der Waals surface area contributed by atoms with E-state index in [9.17, 15) is 4.79 Å². The van der Waals surface area contributed by atoms with Crippen LogP contribution in [0.25, 0.3) is 10.8 Å². The van der Waals surface area contributed by atoms with E-state index in [4.69, 9.17) is 0 Å². The molecule has 1 aliphatic heterocycles. The molecule has 1 heterocycles. The molecule has 0 saturated carbocycles. The fourth-order valence-electron chi connectivity index (χ4n) is 3.85. The summed E-state index contributed by atoms with van der Waals surface area (Å²) in [7, 11) is 0. The van der Waals surface area contributed by atoms with Gasteiger partial charge >= 0.3 is 0 Å². The zero-order chi connectivity index (χ0) is 19.9. The van der Waals surface area contributed by atoms with Crippen molar-refractivity contribution in [3.05, 3.63) is 78.4 Å². The average molecular weight is 388 g/mol. The summed E-state index contributed by atoms with van der Waals surface area (Å²) in [4.78, 5) is 16.1. The summed E-state index contributed by atoms with van der Waals surface area (Å²) < 4.78 is 0. The van der Waals surface area contributed by atoms with E-state index in [-0.39, 0.29) is 5.91 Å². The highest BCUT2D eigenvalue weighted by Crippen LogP contribution is 2.16. The number of para-hydroxylation sites is 1. The Balaban J connectivity index is 1.22. The Morgan fingerprint density at radius 3 is 2.52 bits per heavy atom. The molecule has 0 unspecified atom stereocenters. The Labute approximate surface area is 171 Å². The summed E-state index contributed by atoms with van der Waals surface area (Å²) in [5, 5.41) is 6.47. The lowest BCUT2D eigenvalue weighted by Gasteiger charge is -2.33. The molecule has 0 aromatic heterocycles. The van der Waals surface area contributed by atoms with E-state index in [1.807, 2.05) is 30.3 Å². The van der Waals surface area contributed by atoms with Crippen LogP contribution in [0.1, 0.15) is 12.0 Å². The molecule has 4 rings (SSSR count). The highest BCUT2D eigenvalue weighted by atomic mass is 16.2. The number of amides is 1. The van der Waals surface area contributed by atoms with Gasteiger partial charge in [0, 0.05) is 11.3 Å². The number of piperazine rings is 1. The molecular formula is C24H27N4O+. The number of hydrazone groups is 1. The SMILES string of the molecule is O=C(CC[NH+]1CCN(c2ccccc2)CC1)N/N=C\c1cccc2ccccc12. The van der Waals surface area contributed by atoms with Crippen LogP contribution in [0, 0.1) is 0 Å². The number of nitrogens with one attached hydrogen (secondary N) is 2. The van der Waals surface area contributed by atoms with Gasteiger partial charge in [-0.15, -0.1) is 0 Å². The van der Waals surface area contributed by atoms with E-state index in [0.717, 1.165) is 43.7 Å². The van der Waals surface area contributed by atoms with Gasteiger partial charge in [-0.05, 0) is 22.9 Å². The maximum absolute atomic E-state index is 12.2. The van der Waals surface area contributed by atoms with E-state index in [0.29, 0.717) is 6.42 Å². The number of benzene rings is 3. The molecule has 0 radical (unpaired) electrons. The Morgan fingerprint density at radius 1 is 0.966 bits per heavy atom. The van der Waals surface area contributed by atoms with Crippen LogP contribution in [0.3, 0.4) is 0 Å². The minimum atomic E-state index is -0.0283. The van der Waals surface area contributed by atoms with Gasteiger partial charge in [-0.1, -0.05) is 60.7 Å². The van der Waals surface area contributed by atoms with Crippen LogP contribution in [0.4, 0.5) is 5.69 Å². The van der Waals surface area contributed by atoms with Crippen LogP contribution in [0.5, 0.6) is 0 Å². The summed E-state index contributed by atoms with van der Waals surface area (Å²) in [6.07, 6.45) is 2.22. The highest BCUT2D eigenvalue weighted by molar-refractivity contribution is 5.99. The van der Waals surface area contributed by atoms with Crippen molar-refractivity contribution in [2.45, 2.75) is 6.42 Å². The molecule has 0 atom stereocenters. The first-order valence-corrected chi connectivity index (χ1v) is 10.2. The first-order chi connectivity index (χ1) is 14.3. The molecule has 0 aliphatic carbocycles. The number of carbonyl (C=O) groups is 1. The number of carbonyl (C=O) groups excluding carboxylic acids is 1. The van der Waals surface area contributed by atoms with Gasteiger partial charge in [-0.3, -0.25) is 4.79 Å². The molecule has 3 aromatic carbocycles. The maximum atomic E-state index is 12.2. The van der Waals surface area contributed by atoms with Gasteiger partial charge in [0.05, 0.1) is 45.4 Å². The Bertz CT molecular complexity index is 973. The smallest absolute Gasteiger partial charge is 0.245 e. The third-order valence-corrected chi connectivity index (χ3v) is 5.51. The lowest BCUT2D eigenvalue weighted by atomic mass is 10.1. The number of hydrogen-bond donors (Lipinski definition) is 2. The lowest BCUT2D eigenvalue weighted by Crippen LogP contribution is -3.15. The standard InChI is InChI=1S/C24H26N4O/c29-24(26-25-19-21-9-6-8-20-7-4-5-12-23(20)21)13-14-27-15-17-28(18-16-27)22-10-2-1-3-11-22/h1-12,19H,13-18H2,(H,26,29)/p+1/b25-19-. The largest absolute Gasteiger partial charge is 0.360 e. The Morgan fingerprint density at radius 2 is 1.69 bits per heavy atom. The third kappa shape index (κ3) is 5.00. The number of nitrogens with zero attached hydrogens (tertiary/aromatic N) is 2. The predicted octanol–water partition coefficient (Wildman–Crippen LogP) is 2.09. The molecular weight excluding hydrogens is 360 g/mol. The van der Waals surface area contributed by atoms with Crippen LogP contribution >= 0.6 is 0 Å². The van der Waals surface area contributed by atoms with Gasteiger partial charge < -0.3 is 9.80 Å². The summed E-state index contributed by atoms with van der Waals surface area (Å²) in [5.41, 5.74) is 4.97. The van der Waals surface area contributed by atoms with Crippen molar-refractivity contribution in [3.8, 4) is 0 Å². The van der Waals surface area contributed by atoms with Gasteiger partial charge in [0.2, 0.25) is 5.91 Å². The first-order valence-electron chi connectivity index (χ1n) is 10.2. The average Bonchev–Trinajstić information content (AvgIpc) is 2.79. The third-order valence-electron chi connectivity index (χ3n) is 5.51. The molecule has 5 nitrogen and oxygen atoms in total. The quantitative estimate of drug-likeness (QED) is 0.503. The molecule has 0 spiro atoms. The van der Waals surface area contributed by atoms with Crippen LogP contribution < -0.4 is 15.2 Å². The summed E-state index contributed by atoms with van der Waals surface area (Å²) in [5.74, 6) is -0.0283. The van der Waals surface area contributed by atoms with Crippen LogP contribution in [0.2, 0.25) is 0 Å². The lowest BCUT2D eigenvalue weighted by molar-refractivity contribution is -0.900. The minimum Gasteiger partial charge on any atom is -0.360 e. The Kier molecular flexibility index (Phi) is 6.17. The monoisotopic (exact) mass is 387 g/mol. The van der Waals surface area contributed by atoms with Crippen molar-refractivity contribution >= 4 is 28.6 Å². The molecule has 0 bridgehead atoms. The summed E-state index contributed by atoms with van der Waals surface area (Å²) >= 11 is 0. The Hall–Kier alpha value is -3.18. The topological polar surface area (TPSA) is 49.1 Å². The van der Waals surface area contributed by atoms with Gasteiger partial charge in [-0.25, -0.2) is 5.43 Å². The van der Waals surface area contributed by atoms with E-state index < -0.39 is 0 Å². The van der Waals surface area contributed by atoms with Crippen molar-refractivity contribution in [1.82, 2.24) is 5.43 Å². The second-order valence-corrected chi connectivity index (χ2v) is 7.43. The molecule has 1 saturated heterocycles. The van der Waals surface area contributed by atoms with Crippen LogP contribution in [0.15, 0.2) is 77.9 Å². The van der Waals surface area contributed by atoms with Gasteiger partial charge in [0.15, 0.2) is 0 Å². The highest BCUT2D eigenvalue weighted by Gasteiger charge is 2.20. The minimum absolute atomic E-state index is 0.0283. The fourth-order valence-corrected chi connectivity index (χ4v) is 3.85. The van der Waals surface area contributed by atoms with Crippen molar-refractivity contribution in [3.63, 3.8) is 0 Å². The number of rotatable bonds is 6. The van der Waals surface area contributed by atoms with Crippen LogP contribution in [-0.4, -0.2) is 44.8 Å². The number of hydrogen-bond acceptors (Lipinski definition) is 3. The second kappa shape index (κ2) is 9.34. The molecule has 1 amide bonds. The molecule has 148 valence electrons. The van der Waals surface area contributed by atoms with E-state index in [1.54, 1.807) is 6.21 Å². The van der Waals surface area contributed by atoms with Gasteiger partial charge in [0.1, 0.15) is 0 Å². The van der Waals surface area contributed by atoms with Crippen molar-refractivity contribution in [2.24, 2.45) is 5.10 Å². The maximum Gasteiger partial charge on any atom is 0.245 e. The molecule has 29 heavy (non-hydrogen) atoms. The normalized spacial score (nSPS) is 15.1. The molecule has 5 heteroatoms. The van der Waals surface area contributed by atoms with Crippen LogP contribution in [-0.2, 0) is 4.79 Å². The van der Waals surface area contributed by atoms with Crippen molar-refractivity contribution in [2.75, 3.05) is 37.6 Å². The number of fused-ring (bicyclic) bond motifs is 1. The van der Waals surface area contributed by atoms with Crippen molar-refractivity contribution < 1.29 is 9.69 Å². The van der Waals surface area contributed by atoms with E-state index in [1.165, 1.54) is 16.0 Å². The number of anilines is 1. The van der Waals surface area contributed by atoms with Crippen molar-refractivity contribution in [1.29, 1.82) is 0 Å². The fraction of sp³-hybridized carbons (Fsp3) is 0.250. The van der Waals surface area contributed by atoms with E-state index in [2.05, 4.69) is 57.9 Å². The first kappa shape index (κ1) is 19.2. The molecule has 1 fully saturated rings. The number of quaternary nitrogens is 1. The van der Waals surface area contributed by atoms with Gasteiger partial charge in [0.25, 0.3) is 0 Å². The van der Waals surface area contributed by atoms with E-state index >= 15 is 0 Å². The second-order valence-electron chi connectivity index (χ2n) is 7.43. The molecule has 1 aliphatic rings. The van der Waals surface area contributed by atoms with Gasteiger partial charge in [-0.2, -0.15) is 5.10 Å². The zero-order valence-corrected chi connectivity index (χ0v) is 16.6. The summed E-state index contributed by atoms with van der Waals surface area (Å²) in [6.45, 7) is 5.02. The molecule has 3 aromatic rings. The molecule has 2 N–H and O–H groups in total. The zero-order valence-electron chi connectivity index (χ0n) is 16.6.